The molecule has 30 atom stereocenters. The number of rotatable bonds is 10. The summed E-state index contributed by atoms with van der Waals surface area (Å²) in [4.78, 5) is 0. The van der Waals surface area contributed by atoms with Crippen molar-refractivity contribution in [1.29, 1.82) is 0 Å². The minimum Gasteiger partial charge on any atom is -0.394 e. The van der Waals surface area contributed by atoms with Gasteiger partial charge in [-0.1, -0.05) is 27.7 Å². The number of aliphatic hydroxyl groups is 11. The fourth-order valence-corrected chi connectivity index (χ4v) is 15.5. The fourth-order valence-electron chi connectivity index (χ4n) is 15.5. The van der Waals surface area contributed by atoms with Crippen LogP contribution in [0.25, 0.3) is 0 Å². The molecule has 11 N–H and O–H groups in total. The van der Waals surface area contributed by atoms with Crippen molar-refractivity contribution in [3.05, 3.63) is 0 Å². The molecule has 1 spiro atoms. The topological polar surface area (TPSA) is 315 Å². The van der Waals surface area contributed by atoms with Crippen LogP contribution in [-0.4, -0.2) is 218 Å². The number of aliphatic hydroxyl groups excluding tert-OH is 11. The van der Waals surface area contributed by atoms with Crippen LogP contribution >= 0.6 is 0 Å². The first kappa shape index (κ1) is 52.6. The van der Waals surface area contributed by atoms with Gasteiger partial charge in [-0.15, -0.1) is 0 Å². The van der Waals surface area contributed by atoms with Crippen LogP contribution < -0.4 is 0 Å². The van der Waals surface area contributed by atoms with Gasteiger partial charge in [0.2, 0.25) is 0 Å². The van der Waals surface area contributed by atoms with Crippen molar-refractivity contribution in [3.8, 4) is 0 Å². The zero-order valence-electron chi connectivity index (χ0n) is 40.7. The summed E-state index contributed by atoms with van der Waals surface area (Å²) in [5, 5.41) is 118. The maximum atomic E-state index is 12.4. The lowest BCUT2D eigenvalue weighted by Gasteiger charge is -2.61. The summed E-state index contributed by atoms with van der Waals surface area (Å²) < 4.78 is 62.0. The molecule has 402 valence electrons. The Morgan fingerprint density at radius 2 is 1.21 bits per heavy atom. The molecule has 4 aliphatic carbocycles. The number of ether oxygens (including phenoxy) is 10. The molecule has 4 saturated carbocycles. The highest BCUT2D eigenvalue weighted by Crippen LogP contribution is 2.71. The van der Waals surface area contributed by atoms with Crippen LogP contribution in [0.3, 0.4) is 0 Å². The van der Waals surface area contributed by atoms with Gasteiger partial charge in [-0.25, -0.2) is 0 Å². The second-order valence-corrected chi connectivity index (χ2v) is 23.5. The third-order valence-corrected chi connectivity index (χ3v) is 19.6. The summed E-state index contributed by atoms with van der Waals surface area (Å²) in [5.41, 5.74) is 0.205. The Bertz CT molecular complexity index is 1770. The van der Waals surface area contributed by atoms with E-state index in [2.05, 4.69) is 27.7 Å². The van der Waals surface area contributed by atoms with Crippen LogP contribution in [0.2, 0.25) is 0 Å². The summed E-state index contributed by atoms with van der Waals surface area (Å²) in [6.45, 7) is 8.28. The molecule has 21 nitrogen and oxygen atoms in total. The molecule has 0 unspecified atom stereocenters. The molecule has 6 saturated heterocycles. The Kier molecular flexibility index (Phi) is 15.2. The predicted molar refractivity (Wildman–Crippen MR) is 236 cm³/mol. The maximum Gasteiger partial charge on any atom is 0.187 e. The molecular weight excluding hydrogens is 925 g/mol. The van der Waals surface area contributed by atoms with E-state index in [-0.39, 0.29) is 23.5 Å². The van der Waals surface area contributed by atoms with Crippen molar-refractivity contribution in [2.75, 3.05) is 33.0 Å². The van der Waals surface area contributed by atoms with Gasteiger partial charge in [0.25, 0.3) is 0 Å². The van der Waals surface area contributed by atoms with Gasteiger partial charge in [-0.3, -0.25) is 0 Å². The smallest absolute Gasteiger partial charge is 0.187 e. The molecule has 0 bridgehead atoms. The Balaban J connectivity index is 0.877. The van der Waals surface area contributed by atoms with E-state index in [1.165, 1.54) is 0 Å². The van der Waals surface area contributed by atoms with Crippen molar-refractivity contribution in [2.45, 2.75) is 221 Å². The van der Waals surface area contributed by atoms with Gasteiger partial charge in [0.15, 0.2) is 30.9 Å². The summed E-state index contributed by atoms with van der Waals surface area (Å²) in [5.74, 6) is 2.82. The molecule has 0 aromatic carbocycles. The van der Waals surface area contributed by atoms with Gasteiger partial charge >= 0.3 is 0 Å². The summed E-state index contributed by atoms with van der Waals surface area (Å²) in [7, 11) is 0. The van der Waals surface area contributed by atoms with Gasteiger partial charge in [0, 0.05) is 12.3 Å². The molecule has 10 aliphatic rings. The SMILES string of the molecule is C[C@H]1CC[C@@]2(OC1)O[C@H]1C[C@H]3[C@@H]4CC[C@@H]5C[C@@H](O[C@@H]6O[C@H](CO[C@H]7OC[C@H](O)[C@H](O)[C@H]7O)[C@@H](O[C@H]7OC[C@H](O)[C@H](O)[C@H]7O)[C@H](O)[C@H]6O[C@@H]6O[C@H](CO)[C@@H](O)[C@H](O)[C@H]6O)CC[C@]5(C)[C@H]4CC[C@]3(C)[C@H]1[C@@H]2C. The highest BCUT2D eigenvalue weighted by Gasteiger charge is 2.69. The van der Waals surface area contributed by atoms with Crippen LogP contribution in [0.1, 0.15) is 91.9 Å². The largest absolute Gasteiger partial charge is 0.394 e. The first-order chi connectivity index (χ1) is 33.3. The molecular formula is C49H80O21. The van der Waals surface area contributed by atoms with E-state index in [1.807, 2.05) is 0 Å². The first-order valence-corrected chi connectivity index (χ1v) is 26.1. The van der Waals surface area contributed by atoms with E-state index in [1.54, 1.807) is 0 Å². The molecule has 70 heavy (non-hydrogen) atoms. The lowest BCUT2D eigenvalue weighted by molar-refractivity contribution is -0.391. The predicted octanol–water partition coefficient (Wildman–Crippen LogP) is -1.63. The zero-order valence-corrected chi connectivity index (χ0v) is 40.7. The third-order valence-electron chi connectivity index (χ3n) is 19.6. The van der Waals surface area contributed by atoms with E-state index < -0.39 is 142 Å². The Morgan fingerprint density at radius 1 is 0.557 bits per heavy atom. The zero-order chi connectivity index (χ0) is 49.8. The third kappa shape index (κ3) is 9.06. The van der Waals surface area contributed by atoms with E-state index in [9.17, 15) is 56.2 Å². The van der Waals surface area contributed by atoms with Gasteiger partial charge in [-0.2, -0.15) is 0 Å². The number of hydrogen-bond donors (Lipinski definition) is 11. The van der Waals surface area contributed by atoms with Crippen molar-refractivity contribution in [1.82, 2.24) is 0 Å². The Morgan fingerprint density at radius 3 is 1.91 bits per heavy atom. The molecule has 0 aromatic heterocycles. The molecule has 0 radical (unpaired) electrons. The lowest BCUT2D eigenvalue weighted by Crippen LogP contribution is -2.67. The second-order valence-electron chi connectivity index (χ2n) is 23.5. The minimum atomic E-state index is -1.87. The van der Waals surface area contributed by atoms with Crippen molar-refractivity contribution >= 4 is 0 Å². The van der Waals surface area contributed by atoms with Crippen LogP contribution in [-0.2, 0) is 47.4 Å². The normalized spacial score (nSPS) is 58.1. The highest BCUT2D eigenvalue weighted by molar-refractivity contribution is 5.15. The molecule has 10 fully saturated rings. The lowest BCUT2D eigenvalue weighted by atomic mass is 9.44. The number of hydrogen-bond acceptors (Lipinski definition) is 21. The maximum absolute atomic E-state index is 12.4. The van der Waals surface area contributed by atoms with Gasteiger partial charge in [0.05, 0.1) is 45.2 Å². The van der Waals surface area contributed by atoms with Gasteiger partial charge in [0.1, 0.15) is 85.5 Å². The average Bonchev–Trinajstić information content (AvgIpc) is 3.79. The second kappa shape index (κ2) is 20.3. The van der Waals surface area contributed by atoms with E-state index >= 15 is 0 Å². The molecule has 6 aliphatic heterocycles. The minimum absolute atomic E-state index is 0.0323. The Labute approximate surface area is 408 Å². The molecule has 0 amide bonds. The summed E-state index contributed by atoms with van der Waals surface area (Å²) in [6.07, 6.45) is -19.6. The average molecular weight is 1010 g/mol. The Hall–Kier alpha value is -0.840. The highest BCUT2D eigenvalue weighted by atomic mass is 16.8. The monoisotopic (exact) mass is 1000 g/mol. The summed E-state index contributed by atoms with van der Waals surface area (Å²) in [6, 6.07) is 0. The first-order valence-electron chi connectivity index (χ1n) is 26.1. The van der Waals surface area contributed by atoms with Crippen molar-refractivity contribution in [2.24, 2.45) is 52.3 Å². The van der Waals surface area contributed by atoms with Gasteiger partial charge in [-0.05, 0) is 104 Å². The number of fused-ring (bicyclic) bond motifs is 7. The van der Waals surface area contributed by atoms with Crippen molar-refractivity contribution in [3.63, 3.8) is 0 Å². The molecule has 0 aromatic rings. The van der Waals surface area contributed by atoms with Gasteiger partial charge < -0.3 is 104 Å². The van der Waals surface area contributed by atoms with E-state index in [0.29, 0.717) is 54.3 Å². The fraction of sp³-hybridized carbons (Fsp3) is 1.00. The van der Waals surface area contributed by atoms with Crippen molar-refractivity contribution < 1.29 is 104 Å². The van der Waals surface area contributed by atoms with Crippen LogP contribution in [0.5, 0.6) is 0 Å². The quantitative estimate of drug-likeness (QED) is 0.110. The molecule has 6 heterocycles. The molecule has 10 rings (SSSR count). The van der Waals surface area contributed by atoms with Crippen LogP contribution in [0.4, 0.5) is 0 Å². The molecule has 21 heteroatoms. The standard InChI is InChI=1S/C49H80O21/c1-20-7-12-49(64-16-20)21(2)32-29(70-49)14-26-24-6-5-22-13-23(8-10-47(22,3)25(24)9-11-48(26,32)4)65-46-42(69-45-39(59)36(56)35(55)30(15-50)66-45)40(60)41(68-44-38(58)34(54)28(52)18-62-44)31(67-46)19-63-43-37(57)33(53)27(51)17-61-43/h20-46,50-60H,5-19H2,1-4H3/t20-,21-,22+,23-,24+,25-,26-,27-,28-,29-,30+,31+,32-,33-,34-,35+,36-,37+,38+,39+,40-,41+,42+,43+,44+,45-,46+,47-,48-,49+/m0/s1. The summed E-state index contributed by atoms with van der Waals surface area (Å²) >= 11 is 0. The van der Waals surface area contributed by atoms with E-state index in [4.69, 9.17) is 47.4 Å². The van der Waals surface area contributed by atoms with Crippen LogP contribution in [0, 0.1) is 52.3 Å². The van der Waals surface area contributed by atoms with Crippen LogP contribution in [0.15, 0.2) is 0 Å². The van der Waals surface area contributed by atoms with E-state index in [0.717, 1.165) is 58.0 Å².